The van der Waals surface area contributed by atoms with Gasteiger partial charge in [0.15, 0.2) is 0 Å². The monoisotopic (exact) mass is 257 g/mol. The SMILES string of the molecule is Cc1oc(CN(CCO)CCO)cc1C(=O)NN. The number of amides is 1. The minimum absolute atomic E-state index is 0.00413. The molecule has 0 atom stereocenters. The summed E-state index contributed by atoms with van der Waals surface area (Å²) in [5.74, 6) is 5.73. The highest BCUT2D eigenvalue weighted by molar-refractivity contribution is 5.94. The van der Waals surface area contributed by atoms with Crippen LogP contribution < -0.4 is 11.3 Å². The van der Waals surface area contributed by atoms with E-state index < -0.39 is 5.91 Å². The van der Waals surface area contributed by atoms with Gasteiger partial charge in [-0.3, -0.25) is 15.1 Å². The number of nitrogens with two attached hydrogens (primary N) is 1. The average molecular weight is 257 g/mol. The number of nitrogens with zero attached hydrogens (tertiary/aromatic N) is 1. The van der Waals surface area contributed by atoms with Crippen LogP contribution in [0.5, 0.6) is 0 Å². The zero-order valence-electron chi connectivity index (χ0n) is 10.3. The molecule has 0 aliphatic carbocycles. The Bertz CT molecular complexity index is 386. The van der Waals surface area contributed by atoms with E-state index in [1.807, 2.05) is 10.3 Å². The summed E-state index contributed by atoms with van der Waals surface area (Å²) in [5, 5.41) is 17.8. The third-order valence-electron chi connectivity index (χ3n) is 2.56. The molecule has 1 rings (SSSR count). The lowest BCUT2D eigenvalue weighted by atomic mass is 10.2. The van der Waals surface area contributed by atoms with Crippen molar-refractivity contribution < 1.29 is 19.4 Å². The van der Waals surface area contributed by atoms with Crippen molar-refractivity contribution in [2.24, 2.45) is 5.84 Å². The number of hydrogen-bond donors (Lipinski definition) is 4. The Hall–Kier alpha value is -1.41. The second-order valence-corrected chi connectivity index (χ2v) is 3.88. The van der Waals surface area contributed by atoms with E-state index in [0.717, 1.165) is 0 Å². The van der Waals surface area contributed by atoms with Crippen LogP contribution in [0.2, 0.25) is 0 Å². The Morgan fingerprint density at radius 2 is 2.06 bits per heavy atom. The Balaban J connectivity index is 2.74. The van der Waals surface area contributed by atoms with Gasteiger partial charge < -0.3 is 14.6 Å². The smallest absolute Gasteiger partial charge is 0.268 e. The van der Waals surface area contributed by atoms with Gasteiger partial charge in [0.1, 0.15) is 11.5 Å². The maximum atomic E-state index is 11.4. The fourth-order valence-corrected chi connectivity index (χ4v) is 1.70. The first kappa shape index (κ1) is 14.7. The van der Waals surface area contributed by atoms with Gasteiger partial charge in [-0.2, -0.15) is 0 Å². The predicted octanol–water partition coefficient (Wildman–Crippen LogP) is -1.02. The normalized spacial score (nSPS) is 10.9. The molecular weight excluding hydrogens is 238 g/mol. The molecule has 1 heterocycles. The van der Waals surface area contributed by atoms with Gasteiger partial charge in [-0.1, -0.05) is 0 Å². The molecule has 0 aliphatic rings. The highest BCUT2D eigenvalue weighted by Gasteiger charge is 2.15. The first-order valence-corrected chi connectivity index (χ1v) is 5.66. The summed E-state index contributed by atoms with van der Waals surface area (Å²) in [6.07, 6.45) is 0. The van der Waals surface area contributed by atoms with Crippen LogP contribution in [-0.2, 0) is 6.54 Å². The van der Waals surface area contributed by atoms with Crippen molar-refractivity contribution in [2.75, 3.05) is 26.3 Å². The topological polar surface area (TPSA) is 112 Å². The van der Waals surface area contributed by atoms with Gasteiger partial charge in [0.25, 0.3) is 5.91 Å². The van der Waals surface area contributed by atoms with E-state index in [9.17, 15) is 4.79 Å². The van der Waals surface area contributed by atoms with Crippen LogP contribution in [0.4, 0.5) is 0 Å². The molecule has 0 saturated carbocycles. The first-order chi connectivity index (χ1) is 8.62. The highest BCUT2D eigenvalue weighted by atomic mass is 16.3. The second kappa shape index (κ2) is 7.12. The quantitative estimate of drug-likeness (QED) is 0.282. The molecule has 5 N–H and O–H groups in total. The lowest BCUT2D eigenvalue weighted by Gasteiger charge is -2.18. The predicted molar refractivity (Wildman–Crippen MR) is 64.5 cm³/mol. The molecule has 0 aliphatic heterocycles. The number of hydrogen-bond acceptors (Lipinski definition) is 6. The fraction of sp³-hybridized carbons (Fsp3) is 0.545. The molecular formula is C11H19N3O4. The molecule has 102 valence electrons. The number of nitrogen functional groups attached to an aromatic ring is 1. The van der Waals surface area contributed by atoms with E-state index in [2.05, 4.69) is 0 Å². The number of aliphatic hydroxyl groups is 2. The van der Waals surface area contributed by atoms with E-state index in [1.54, 1.807) is 13.0 Å². The van der Waals surface area contributed by atoms with Crippen molar-refractivity contribution in [3.63, 3.8) is 0 Å². The third kappa shape index (κ3) is 3.81. The second-order valence-electron chi connectivity index (χ2n) is 3.88. The summed E-state index contributed by atoms with van der Waals surface area (Å²) in [4.78, 5) is 13.2. The summed E-state index contributed by atoms with van der Waals surface area (Å²) >= 11 is 0. The molecule has 0 saturated heterocycles. The zero-order chi connectivity index (χ0) is 13.5. The highest BCUT2D eigenvalue weighted by Crippen LogP contribution is 2.16. The molecule has 0 fully saturated rings. The summed E-state index contributed by atoms with van der Waals surface area (Å²) in [7, 11) is 0. The molecule has 0 bridgehead atoms. The van der Waals surface area contributed by atoms with Gasteiger partial charge in [0.2, 0.25) is 0 Å². The first-order valence-electron chi connectivity index (χ1n) is 5.66. The van der Waals surface area contributed by atoms with Crippen LogP contribution in [-0.4, -0.2) is 47.3 Å². The third-order valence-corrected chi connectivity index (χ3v) is 2.56. The van der Waals surface area contributed by atoms with Crippen molar-refractivity contribution in [3.05, 3.63) is 23.2 Å². The minimum Gasteiger partial charge on any atom is -0.464 e. The molecule has 1 aromatic heterocycles. The molecule has 0 spiro atoms. The zero-order valence-corrected chi connectivity index (χ0v) is 10.3. The van der Waals surface area contributed by atoms with Crippen LogP contribution in [0.1, 0.15) is 21.9 Å². The van der Waals surface area contributed by atoms with Crippen molar-refractivity contribution in [1.82, 2.24) is 10.3 Å². The van der Waals surface area contributed by atoms with Gasteiger partial charge in [-0.05, 0) is 13.0 Å². The Morgan fingerprint density at radius 3 is 2.56 bits per heavy atom. The number of furan rings is 1. The van der Waals surface area contributed by atoms with Crippen molar-refractivity contribution >= 4 is 5.91 Å². The number of rotatable bonds is 7. The number of hydrazine groups is 1. The van der Waals surface area contributed by atoms with Crippen molar-refractivity contribution in [3.8, 4) is 0 Å². The number of nitrogens with one attached hydrogen (secondary N) is 1. The van der Waals surface area contributed by atoms with Crippen molar-refractivity contribution in [2.45, 2.75) is 13.5 Å². The summed E-state index contributed by atoms with van der Waals surface area (Å²) in [6.45, 7) is 2.94. The number of aliphatic hydroxyl groups excluding tert-OH is 2. The maximum absolute atomic E-state index is 11.4. The molecule has 18 heavy (non-hydrogen) atoms. The molecule has 0 radical (unpaired) electrons. The summed E-state index contributed by atoms with van der Waals surface area (Å²) < 4.78 is 5.44. The molecule has 1 aromatic rings. The number of carbonyl (C=O) groups excluding carboxylic acids is 1. The standard InChI is InChI=1S/C11H19N3O4/c1-8-10(11(17)13-12)6-9(18-8)7-14(2-4-15)3-5-16/h6,15-16H,2-5,7,12H2,1H3,(H,13,17). The van der Waals surface area contributed by atoms with Gasteiger partial charge >= 0.3 is 0 Å². The van der Waals surface area contributed by atoms with Crippen molar-refractivity contribution in [1.29, 1.82) is 0 Å². The van der Waals surface area contributed by atoms with E-state index >= 15 is 0 Å². The van der Waals surface area contributed by atoms with Crippen LogP contribution in [0.3, 0.4) is 0 Å². The van der Waals surface area contributed by atoms with Gasteiger partial charge in [0, 0.05) is 13.1 Å². The van der Waals surface area contributed by atoms with Gasteiger partial charge in [-0.15, -0.1) is 0 Å². The number of aryl methyl sites for hydroxylation is 1. The molecule has 7 nitrogen and oxygen atoms in total. The Kier molecular flexibility index (Phi) is 5.79. The van der Waals surface area contributed by atoms with Crippen LogP contribution in [0.15, 0.2) is 10.5 Å². The molecule has 0 aromatic carbocycles. The maximum Gasteiger partial charge on any atom is 0.268 e. The van der Waals surface area contributed by atoms with Gasteiger partial charge in [-0.25, -0.2) is 5.84 Å². The molecule has 0 unspecified atom stereocenters. The van der Waals surface area contributed by atoms with Crippen LogP contribution in [0.25, 0.3) is 0 Å². The van der Waals surface area contributed by atoms with E-state index in [1.165, 1.54) is 0 Å². The number of carbonyl (C=O) groups is 1. The van der Waals surface area contributed by atoms with E-state index in [4.69, 9.17) is 20.5 Å². The minimum atomic E-state index is -0.404. The largest absolute Gasteiger partial charge is 0.464 e. The van der Waals surface area contributed by atoms with E-state index in [0.29, 0.717) is 36.7 Å². The van der Waals surface area contributed by atoms with Crippen LogP contribution >= 0.6 is 0 Å². The lowest BCUT2D eigenvalue weighted by Crippen LogP contribution is -2.30. The average Bonchev–Trinajstić information content (AvgIpc) is 2.70. The molecule has 1 amide bonds. The molecule has 7 heteroatoms. The Labute approximate surface area is 105 Å². The van der Waals surface area contributed by atoms with Gasteiger partial charge in [0.05, 0.1) is 25.3 Å². The fourth-order valence-electron chi connectivity index (χ4n) is 1.70. The lowest BCUT2D eigenvalue weighted by molar-refractivity contribution is 0.0952. The van der Waals surface area contributed by atoms with Crippen LogP contribution in [0, 0.1) is 6.92 Å². The Morgan fingerprint density at radius 1 is 1.44 bits per heavy atom. The summed E-state index contributed by atoms with van der Waals surface area (Å²) in [5.41, 5.74) is 2.44. The summed E-state index contributed by atoms with van der Waals surface area (Å²) in [6, 6.07) is 1.61. The van der Waals surface area contributed by atoms with E-state index in [-0.39, 0.29) is 13.2 Å².